The van der Waals surface area contributed by atoms with Gasteiger partial charge in [0, 0.05) is 12.6 Å². The van der Waals surface area contributed by atoms with Gasteiger partial charge in [-0.25, -0.2) is 8.78 Å². The van der Waals surface area contributed by atoms with E-state index in [1.54, 1.807) is 0 Å². The highest BCUT2D eigenvalue weighted by atomic mass is 19.1. The lowest BCUT2D eigenvalue weighted by atomic mass is 10.1. The fraction of sp³-hybridized carbons (Fsp3) is 0.100. The number of benzene rings is 1. The van der Waals surface area contributed by atoms with Crippen LogP contribution in [0.1, 0.15) is 5.56 Å². The molecular formula is C10H9F2N. The van der Waals surface area contributed by atoms with Gasteiger partial charge in [-0.05, 0) is 24.3 Å². The number of rotatable bonds is 2. The number of hydrogen-bond acceptors (Lipinski definition) is 1. The Bertz CT molecular complexity index is 338. The molecule has 0 aliphatic heterocycles. The molecule has 0 saturated carbocycles. The molecule has 0 N–H and O–H groups in total. The van der Waals surface area contributed by atoms with Crippen LogP contribution in [0.25, 0.3) is 0 Å². The summed E-state index contributed by atoms with van der Waals surface area (Å²) in [5.74, 6) is -0.974. The van der Waals surface area contributed by atoms with Crippen molar-refractivity contribution in [2.24, 2.45) is 4.99 Å². The van der Waals surface area contributed by atoms with E-state index in [2.05, 4.69) is 11.6 Å². The van der Waals surface area contributed by atoms with E-state index >= 15 is 0 Å². The zero-order valence-corrected chi connectivity index (χ0v) is 7.22. The van der Waals surface area contributed by atoms with Crippen LogP contribution < -0.4 is 0 Å². The van der Waals surface area contributed by atoms with Gasteiger partial charge in [-0.2, -0.15) is 0 Å². The summed E-state index contributed by atoms with van der Waals surface area (Å²) in [4.78, 5) is 3.71. The third-order valence-electron chi connectivity index (χ3n) is 1.60. The number of hydrogen-bond donors (Lipinski definition) is 0. The van der Waals surface area contributed by atoms with E-state index in [4.69, 9.17) is 0 Å². The highest BCUT2D eigenvalue weighted by Crippen LogP contribution is 2.10. The van der Waals surface area contributed by atoms with Crippen LogP contribution in [0, 0.1) is 5.82 Å². The third kappa shape index (κ3) is 2.21. The molecule has 0 unspecified atom stereocenters. The zero-order chi connectivity index (χ0) is 9.84. The molecular weight excluding hydrogens is 172 g/mol. The monoisotopic (exact) mass is 181 g/mol. The second-order valence-corrected chi connectivity index (χ2v) is 2.48. The van der Waals surface area contributed by atoms with E-state index in [1.165, 1.54) is 31.3 Å². The van der Waals surface area contributed by atoms with Gasteiger partial charge in [-0.3, -0.25) is 4.99 Å². The molecule has 0 radical (unpaired) electrons. The smallest absolute Gasteiger partial charge is 0.141 e. The van der Waals surface area contributed by atoms with Gasteiger partial charge in [0.05, 0.1) is 5.71 Å². The van der Waals surface area contributed by atoms with Crippen LogP contribution in [0.5, 0.6) is 0 Å². The normalized spacial score (nSPS) is 11.5. The molecule has 1 aromatic rings. The predicted octanol–water partition coefficient (Wildman–Crippen LogP) is 2.73. The summed E-state index contributed by atoms with van der Waals surface area (Å²) in [6, 6.07) is 5.43. The van der Waals surface area contributed by atoms with Crippen molar-refractivity contribution in [3.63, 3.8) is 0 Å². The van der Waals surface area contributed by atoms with Crippen molar-refractivity contribution in [2.75, 3.05) is 7.05 Å². The average molecular weight is 181 g/mol. The quantitative estimate of drug-likeness (QED) is 0.622. The Morgan fingerprint density at radius 1 is 1.31 bits per heavy atom. The minimum Gasteiger partial charge on any atom is -0.285 e. The van der Waals surface area contributed by atoms with Gasteiger partial charge in [0.1, 0.15) is 11.6 Å². The maximum Gasteiger partial charge on any atom is 0.141 e. The van der Waals surface area contributed by atoms with Crippen molar-refractivity contribution in [1.29, 1.82) is 0 Å². The summed E-state index contributed by atoms with van der Waals surface area (Å²) in [5, 5.41) is 0. The molecule has 13 heavy (non-hydrogen) atoms. The number of aliphatic imine (C=N–C) groups is 1. The van der Waals surface area contributed by atoms with Crippen molar-refractivity contribution in [3.8, 4) is 0 Å². The molecule has 0 atom stereocenters. The second kappa shape index (κ2) is 3.94. The fourth-order valence-corrected chi connectivity index (χ4v) is 1.01. The highest BCUT2D eigenvalue weighted by molar-refractivity contribution is 6.10. The van der Waals surface area contributed by atoms with Crippen LogP contribution in [0.15, 0.2) is 41.7 Å². The molecule has 0 spiro atoms. The Labute approximate surface area is 75.4 Å². The number of allylic oxidation sites excluding steroid dienone is 1. The number of nitrogens with zero attached hydrogens (tertiary/aromatic N) is 1. The third-order valence-corrected chi connectivity index (χ3v) is 1.60. The number of halogens is 2. The Morgan fingerprint density at radius 3 is 2.23 bits per heavy atom. The lowest BCUT2D eigenvalue weighted by Crippen LogP contribution is -2.00. The molecule has 0 heterocycles. The molecule has 0 aliphatic rings. The summed E-state index contributed by atoms with van der Waals surface area (Å²) in [6.07, 6.45) is 0. The van der Waals surface area contributed by atoms with Gasteiger partial charge in [-0.1, -0.05) is 6.58 Å². The van der Waals surface area contributed by atoms with Crippen LogP contribution in [0.3, 0.4) is 0 Å². The first-order valence-corrected chi connectivity index (χ1v) is 3.72. The lowest BCUT2D eigenvalue weighted by Gasteiger charge is -2.01. The molecule has 0 aromatic heterocycles. The van der Waals surface area contributed by atoms with E-state index in [0.29, 0.717) is 5.56 Å². The van der Waals surface area contributed by atoms with Crippen LogP contribution in [0.2, 0.25) is 0 Å². The molecule has 0 aliphatic carbocycles. The molecule has 1 nitrogen and oxygen atoms in total. The average Bonchev–Trinajstić information content (AvgIpc) is 2.09. The first-order valence-electron chi connectivity index (χ1n) is 3.72. The van der Waals surface area contributed by atoms with Crippen molar-refractivity contribution in [3.05, 3.63) is 48.1 Å². The first-order chi connectivity index (χ1) is 6.15. The molecule has 0 bridgehead atoms. The summed E-state index contributed by atoms with van der Waals surface area (Å²) >= 11 is 0. The van der Waals surface area contributed by atoms with Gasteiger partial charge < -0.3 is 0 Å². The molecule has 1 rings (SSSR count). The van der Waals surface area contributed by atoms with E-state index in [1.807, 2.05) is 0 Å². The van der Waals surface area contributed by atoms with Crippen LogP contribution in [-0.4, -0.2) is 12.8 Å². The van der Waals surface area contributed by atoms with E-state index in [0.717, 1.165) is 0 Å². The van der Waals surface area contributed by atoms with Gasteiger partial charge in [0.25, 0.3) is 0 Å². The van der Waals surface area contributed by atoms with Gasteiger partial charge >= 0.3 is 0 Å². The minimum absolute atomic E-state index is 0.153. The van der Waals surface area contributed by atoms with Gasteiger partial charge in [0.15, 0.2) is 0 Å². The largest absolute Gasteiger partial charge is 0.285 e. The van der Waals surface area contributed by atoms with Crippen molar-refractivity contribution in [2.45, 2.75) is 0 Å². The van der Waals surface area contributed by atoms with Crippen molar-refractivity contribution >= 4 is 5.71 Å². The van der Waals surface area contributed by atoms with Crippen molar-refractivity contribution in [1.82, 2.24) is 0 Å². The lowest BCUT2D eigenvalue weighted by molar-refractivity contribution is 0.627. The summed E-state index contributed by atoms with van der Waals surface area (Å²) in [7, 11) is 1.46. The zero-order valence-electron chi connectivity index (χ0n) is 7.22. The van der Waals surface area contributed by atoms with Gasteiger partial charge in [0.2, 0.25) is 0 Å². The molecule has 3 heteroatoms. The van der Waals surface area contributed by atoms with E-state index < -0.39 is 5.83 Å². The first kappa shape index (κ1) is 9.58. The topological polar surface area (TPSA) is 12.4 Å². The predicted molar refractivity (Wildman–Crippen MR) is 49.1 cm³/mol. The van der Waals surface area contributed by atoms with Crippen LogP contribution >= 0.6 is 0 Å². The summed E-state index contributed by atoms with van der Waals surface area (Å²) in [5.41, 5.74) is 0.677. The Morgan fingerprint density at radius 2 is 1.85 bits per heavy atom. The minimum atomic E-state index is -0.617. The summed E-state index contributed by atoms with van der Waals surface area (Å²) < 4.78 is 25.2. The van der Waals surface area contributed by atoms with Crippen molar-refractivity contribution < 1.29 is 8.78 Å². The van der Waals surface area contributed by atoms with E-state index in [-0.39, 0.29) is 11.5 Å². The van der Waals surface area contributed by atoms with E-state index in [9.17, 15) is 8.78 Å². The molecule has 0 amide bonds. The maximum absolute atomic E-state index is 12.7. The fourth-order valence-electron chi connectivity index (χ4n) is 1.01. The second-order valence-electron chi connectivity index (χ2n) is 2.48. The standard InChI is InChI=1S/C10H9F2N/c1-7(11)10(13-2)8-3-5-9(12)6-4-8/h3-6H,1H2,2H3/b13-10+. The van der Waals surface area contributed by atoms with Crippen LogP contribution in [0.4, 0.5) is 8.78 Å². The van der Waals surface area contributed by atoms with Gasteiger partial charge in [-0.15, -0.1) is 0 Å². The highest BCUT2D eigenvalue weighted by Gasteiger charge is 2.05. The molecule has 1 aromatic carbocycles. The molecule has 68 valence electrons. The van der Waals surface area contributed by atoms with Crippen LogP contribution in [-0.2, 0) is 0 Å². The SMILES string of the molecule is C=C(F)/C(=N\C)c1ccc(F)cc1. The Kier molecular flexibility index (Phi) is 2.90. The Hall–Kier alpha value is -1.51. The molecule has 0 saturated heterocycles. The Balaban J connectivity index is 3.07. The summed E-state index contributed by atoms with van der Waals surface area (Å²) in [6.45, 7) is 3.13. The molecule has 0 fully saturated rings. The maximum atomic E-state index is 12.7.